The molecule has 0 aliphatic carbocycles. The maximum Gasteiger partial charge on any atom is 0.416 e. The second-order valence-electron chi connectivity index (χ2n) is 4.98. The third kappa shape index (κ3) is 2.94. The minimum Gasteiger partial charge on any atom is -0.301 e. The van der Waals surface area contributed by atoms with Crippen LogP contribution in [-0.4, -0.2) is 9.55 Å². The highest BCUT2D eigenvalue weighted by Crippen LogP contribution is 2.30. The largest absolute Gasteiger partial charge is 0.416 e. The van der Waals surface area contributed by atoms with Gasteiger partial charge in [0, 0.05) is 5.56 Å². The van der Waals surface area contributed by atoms with Crippen molar-refractivity contribution >= 4 is 11.0 Å². The van der Waals surface area contributed by atoms with Gasteiger partial charge in [-0.3, -0.25) is 4.79 Å². The second kappa shape index (κ2) is 5.49. The van der Waals surface area contributed by atoms with E-state index in [1.165, 1.54) is 4.57 Å². The van der Waals surface area contributed by atoms with Crippen molar-refractivity contribution in [3.05, 3.63) is 76.0 Å². The Morgan fingerprint density at radius 3 is 2.57 bits per heavy atom. The van der Waals surface area contributed by atoms with Crippen LogP contribution in [0.25, 0.3) is 11.0 Å². The van der Waals surface area contributed by atoms with Gasteiger partial charge in [0.25, 0.3) is 5.56 Å². The SMILES string of the molecule is O=c1cnc2ccccc2n1Cc1cc(C(F)(F)F)ccc1F. The Hall–Kier alpha value is -2.70. The van der Waals surface area contributed by atoms with Crippen molar-refractivity contribution < 1.29 is 17.6 Å². The summed E-state index contributed by atoms with van der Waals surface area (Å²) in [4.78, 5) is 15.9. The number of nitrogens with zero attached hydrogens (tertiary/aromatic N) is 2. The number of aromatic nitrogens is 2. The Bertz CT molecular complexity index is 931. The number of hydrogen-bond acceptors (Lipinski definition) is 2. The van der Waals surface area contributed by atoms with Crippen LogP contribution in [0.5, 0.6) is 0 Å². The smallest absolute Gasteiger partial charge is 0.301 e. The fourth-order valence-corrected chi connectivity index (χ4v) is 2.32. The van der Waals surface area contributed by atoms with Gasteiger partial charge in [-0.05, 0) is 30.3 Å². The van der Waals surface area contributed by atoms with Crippen LogP contribution >= 0.6 is 0 Å². The molecule has 0 radical (unpaired) electrons. The average Bonchev–Trinajstić information content (AvgIpc) is 2.51. The van der Waals surface area contributed by atoms with Crippen LogP contribution in [0.4, 0.5) is 17.6 Å². The summed E-state index contributed by atoms with van der Waals surface area (Å²) >= 11 is 0. The van der Waals surface area contributed by atoms with E-state index in [0.29, 0.717) is 17.1 Å². The lowest BCUT2D eigenvalue weighted by Gasteiger charge is -2.12. The molecule has 0 unspecified atom stereocenters. The molecule has 0 amide bonds. The van der Waals surface area contributed by atoms with E-state index in [2.05, 4.69) is 4.98 Å². The van der Waals surface area contributed by atoms with Gasteiger partial charge < -0.3 is 4.57 Å². The molecular formula is C16H10F4N2O. The Balaban J connectivity index is 2.13. The van der Waals surface area contributed by atoms with Gasteiger partial charge in [-0.1, -0.05) is 12.1 Å². The predicted molar refractivity (Wildman–Crippen MR) is 76.5 cm³/mol. The molecule has 0 spiro atoms. The quantitative estimate of drug-likeness (QED) is 0.676. The van der Waals surface area contributed by atoms with E-state index in [4.69, 9.17) is 0 Å². The summed E-state index contributed by atoms with van der Waals surface area (Å²) in [5, 5.41) is 0. The monoisotopic (exact) mass is 322 g/mol. The summed E-state index contributed by atoms with van der Waals surface area (Å²) in [5.74, 6) is -0.800. The molecule has 2 aromatic carbocycles. The van der Waals surface area contributed by atoms with Gasteiger partial charge in [0.1, 0.15) is 5.82 Å². The third-order valence-electron chi connectivity index (χ3n) is 3.45. The van der Waals surface area contributed by atoms with Crippen molar-refractivity contribution in [2.24, 2.45) is 0 Å². The third-order valence-corrected chi connectivity index (χ3v) is 3.45. The lowest BCUT2D eigenvalue weighted by molar-refractivity contribution is -0.137. The van der Waals surface area contributed by atoms with Crippen LogP contribution in [0.15, 0.2) is 53.5 Å². The number of alkyl halides is 3. The van der Waals surface area contributed by atoms with E-state index in [9.17, 15) is 22.4 Å². The van der Waals surface area contributed by atoms with Crippen molar-refractivity contribution in [3.63, 3.8) is 0 Å². The molecule has 0 N–H and O–H groups in total. The average molecular weight is 322 g/mol. The van der Waals surface area contributed by atoms with Crippen LogP contribution in [0.1, 0.15) is 11.1 Å². The van der Waals surface area contributed by atoms with Gasteiger partial charge in [-0.25, -0.2) is 9.37 Å². The van der Waals surface area contributed by atoms with E-state index < -0.39 is 23.1 Å². The van der Waals surface area contributed by atoms with Crippen molar-refractivity contribution in [3.8, 4) is 0 Å². The van der Waals surface area contributed by atoms with Gasteiger partial charge in [-0.2, -0.15) is 13.2 Å². The van der Waals surface area contributed by atoms with Crippen LogP contribution in [0.3, 0.4) is 0 Å². The fourth-order valence-electron chi connectivity index (χ4n) is 2.32. The summed E-state index contributed by atoms with van der Waals surface area (Å²) in [6, 6.07) is 8.80. The van der Waals surface area contributed by atoms with E-state index in [1.54, 1.807) is 24.3 Å². The second-order valence-corrected chi connectivity index (χ2v) is 4.98. The maximum atomic E-state index is 13.9. The van der Waals surface area contributed by atoms with Gasteiger partial charge >= 0.3 is 6.18 Å². The predicted octanol–water partition coefficient (Wildman–Crippen LogP) is 3.60. The summed E-state index contributed by atoms with van der Waals surface area (Å²) in [5.41, 5.74) is -0.754. The van der Waals surface area contributed by atoms with E-state index >= 15 is 0 Å². The molecule has 0 bridgehead atoms. The summed E-state index contributed by atoms with van der Waals surface area (Å²) in [6.07, 6.45) is -3.51. The summed E-state index contributed by atoms with van der Waals surface area (Å²) in [7, 11) is 0. The zero-order valence-electron chi connectivity index (χ0n) is 11.6. The Kier molecular flexibility index (Phi) is 3.63. The first kappa shape index (κ1) is 15.2. The molecule has 0 saturated carbocycles. The van der Waals surface area contributed by atoms with Gasteiger partial charge in [-0.15, -0.1) is 0 Å². The van der Waals surface area contributed by atoms with Crippen LogP contribution in [-0.2, 0) is 12.7 Å². The lowest BCUT2D eigenvalue weighted by atomic mass is 10.1. The molecule has 3 rings (SSSR count). The van der Waals surface area contributed by atoms with E-state index in [-0.39, 0.29) is 12.1 Å². The molecule has 0 saturated heterocycles. The summed E-state index contributed by atoms with van der Waals surface area (Å²) in [6.45, 7) is -0.308. The summed E-state index contributed by atoms with van der Waals surface area (Å²) < 4.78 is 53.4. The van der Waals surface area contributed by atoms with Crippen molar-refractivity contribution in [1.82, 2.24) is 9.55 Å². The highest BCUT2D eigenvalue weighted by atomic mass is 19.4. The maximum absolute atomic E-state index is 13.9. The zero-order chi connectivity index (χ0) is 16.6. The molecule has 118 valence electrons. The van der Waals surface area contributed by atoms with Crippen molar-refractivity contribution in [2.75, 3.05) is 0 Å². The van der Waals surface area contributed by atoms with E-state index in [1.807, 2.05) is 0 Å². The van der Waals surface area contributed by atoms with Crippen LogP contribution in [0.2, 0.25) is 0 Å². The first-order valence-corrected chi connectivity index (χ1v) is 6.66. The topological polar surface area (TPSA) is 34.9 Å². The molecule has 0 atom stereocenters. The molecular weight excluding hydrogens is 312 g/mol. The molecule has 0 aliphatic heterocycles. The standard InChI is InChI=1S/C16H10F4N2O/c17-12-6-5-11(16(18,19)20)7-10(12)9-22-14-4-2-1-3-13(14)21-8-15(22)23/h1-8H,9H2. The lowest BCUT2D eigenvalue weighted by Crippen LogP contribution is -2.22. The number of rotatable bonds is 2. The Labute approximate surface area is 127 Å². The van der Waals surface area contributed by atoms with Gasteiger partial charge in [0.15, 0.2) is 0 Å². The Morgan fingerprint density at radius 1 is 1.09 bits per heavy atom. The first-order valence-electron chi connectivity index (χ1n) is 6.66. The molecule has 3 nitrogen and oxygen atoms in total. The zero-order valence-corrected chi connectivity index (χ0v) is 11.6. The normalized spacial score (nSPS) is 11.8. The molecule has 3 aromatic rings. The van der Waals surface area contributed by atoms with Crippen LogP contribution < -0.4 is 5.56 Å². The first-order chi connectivity index (χ1) is 10.9. The molecule has 23 heavy (non-hydrogen) atoms. The van der Waals surface area contributed by atoms with Crippen LogP contribution in [0, 0.1) is 5.82 Å². The molecule has 1 heterocycles. The van der Waals surface area contributed by atoms with Crippen molar-refractivity contribution in [2.45, 2.75) is 12.7 Å². The number of fused-ring (bicyclic) bond motifs is 1. The van der Waals surface area contributed by atoms with E-state index in [0.717, 1.165) is 18.3 Å². The Morgan fingerprint density at radius 2 is 1.83 bits per heavy atom. The molecule has 0 aliphatic rings. The number of hydrogen-bond donors (Lipinski definition) is 0. The van der Waals surface area contributed by atoms with Gasteiger partial charge in [0.2, 0.25) is 0 Å². The highest BCUT2D eigenvalue weighted by molar-refractivity contribution is 5.74. The molecule has 1 aromatic heterocycles. The van der Waals surface area contributed by atoms with Crippen molar-refractivity contribution in [1.29, 1.82) is 0 Å². The van der Waals surface area contributed by atoms with Gasteiger partial charge in [0.05, 0.1) is 29.3 Å². The number of benzene rings is 2. The number of halogens is 4. The molecule has 0 fully saturated rings. The molecule has 7 heteroatoms. The minimum atomic E-state index is -4.58. The minimum absolute atomic E-state index is 0.210. The number of para-hydroxylation sites is 2. The fraction of sp³-hybridized carbons (Fsp3) is 0.125. The highest BCUT2D eigenvalue weighted by Gasteiger charge is 2.31.